The average Bonchev–Trinajstić information content (AvgIpc) is 3.42. The number of nitrogens with one attached hydrogen (secondary N) is 2. The number of rotatable bonds is 7. The number of hydrogen-bond donors (Lipinski definition) is 3. The first-order valence-corrected chi connectivity index (χ1v) is 11.9. The Bertz CT molecular complexity index is 1260. The molecule has 0 radical (unpaired) electrons. The van der Waals surface area contributed by atoms with Crippen molar-refractivity contribution in [1.29, 1.82) is 5.26 Å². The topological polar surface area (TPSA) is 124 Å². The van der Waals surface area contributed by atoms with Crippen LogP contribution in [-0.4, -0.2) is 75.8 Å². The minimum atomic E-state index is -0.446. The van der Waals surface area contributed by atoms with Gasteiger partial charge in [0.25, 0.3) is 0 Å². The van der Waals surface area contributed by atoms with Crippen LogP contribution in [0.4, 0.5) is 17.3 Å². The third kappa shape index (κ3) is 4.58. The van der Waals surface area contributed by atoms with Gasteiger partial charge < -0.3 is 20.5 Å². The molecule has 2 aliphatic heterocycles. The molecule has 3 N–H and O–H groups in total. The molecule has 3 aromatic rings. The molecule has 0 spiro atoms. The van der Waals surface area contributed by atoms with Crippen LogP contribution < -0.4 is 10.6 Å². The number of nitriles is 1. The molecule has 1 aromatic carbocycles. The summed E-state index contributed by atoms with van der Waals surface area (Å²) in [4.78, 5) is 11.5. The quantitative estimate of drug-likeness (QED) is 0.473. The van der Waals surface area contributed by atoms with E-state index in [2.05, 4.69) is 31.7 Å². The van der Waals surface area contributed by atoms with Crippen LogP contribution in [0.2, 0.25) is 0 Å². The Morgan fingerprint density at radius 2 is 2.11 bits per heavy atom. The molecule has 0 amide bonds. The van der Waals surface area contributed by atoms with Crippen LogP contribution in [0, 0.1) is 18.3 Å². The number of morpholine rings is 1. The maximum absolute atomic E-state index is 9.97. The molecule has 1 unspecified atom stereocenters. The first-order valence-electron chi connectivity index (χ1n) is 11.9. The van der Waals surface area contributed by atoms with Gasteiger partial charge in [0.05, 0.1) is 60.9 Å². The normalized spacial score (nSPS) is 19.7. The number of hydrogen-bond acceptors (Lipinski definition) is 9. The molecule has 2 aliphatic rings. The average molecular weight is 475 g/mol. The standard InChI is InChI=1S/C25H30N8O2/c1-17-22(14-29-33(17)6-5-32-7-9-35-10-8-32)31-24-27-4-3-21(30-24)18-11-19(13-26)23-20(12-18)25(2,16-34)15-28-23/h3-4,11-12,14,28,34H,5-10,15-16H2,1-2H3,(H,27,30,31). The molecule has 1 atom stereocenters. The summed E-state index contributed by atoms with van der Waals surface area (Å²) in [5, 5.41) is 30.8. The van der Waals surface area contributed by atoms with Gasteiger partial charge in [-0.25, -0.2) is 9.97 Å². The van der Waals surface area contributed by atoms with Gasteiger partial charge >= 0.3 is 0 Å². The van der Waals surface area contributed by atoms with Crippen LogP contribution in [-0.2, 0) is 16.7 Å². The minimum absolute atomic E-state index is 0.00724. The molecule has 0 aliphatic carbocycles. The Labute approximate surface area is 204 Å². The SMILES string of the molecule is Cc1c(Nc2nccc(-c3cc(C#N)c4c(c3)C(C)(CO)CN4)n2)cnn1CCN1CCOCC1. The van der Waals surface area contributed by atoms with Gasteiger partial charge in [0, 0.05) is 43.4 Å². The Balaban J connectivity index is 1.36. The Hall–Kier alpha value is -3.52. The highest BCUT2D eigenvalue weighted by Crippen LogP contribution is 2.41. The van der Waals surface area contributed by atoms with Gasteiger partial charge in [-0.05, 0) is 30.7 Å². The van der Waals surface area contributed by atoms with Crippen molar-refractivity contribution < 1.29 is 9.84 Å². The maximum atomic E-state index is 9.97. The summed E-state index contributed by atoms with van der Waals surface area (Å²) in [6, 6.07) is 7.94. The van der Waals surface area contributed by atoms with E-state index in [-0.39, 0.29) is 6.61 Å². The molecule has 2 aromatic heterocycles. The van der Waals surface area contributed by atoms with Gasteiger partial charge in [0.2, 0.25) is 5.95 Å². The number of ether oxygens (including phenoxy) is 1. The van der Waals surface area contributed by atoms with Gasteiger partial charge in [0.15, 0.2) is 0 Å². The zero-order chi connectivity index (χ0) is 24.4. The van der Waals surface area contributed by atoms with E-state index >= 15 is 0 Å². The second-order valence-electron chi connectivity index (χ2n) is 9.34. The van der Waals surface area contributed by atoms with Gasteiger partial charge in [-0.3, -0.25) is 9.58 Å². The monoisotopic (exact) mass is 474 g/mol. The summed E-state index contributed by atoms with van der Waals surface area (Å²) in [5.41, 5.74) is 5.20. The summed E-state index contributed by atoms with van der Waals surface area (Å²) in [7, 11) is 0. The number of benzene rings is 1. The van der Waals surface area contributed by atoms with Crippen molar-refractivity contribution in [2.45, 2.75) is 25.8 Å². The van der Waals surface area contributed by atoms with Crippen molar-refractivity contribution in [3.63, 3.8) is 0 Å². The van der Waals surface area contributed by atoms with Crippen molar-refractivity contribution in [3.05, 3.63) is 47.4 Å². The van der Waals surface area contributed by atoms with E-state index in [9.17, 15) is 10.4 Å². The van der Waals surface area contributed by atoms with Crippen LogP contribution in [0.5, 0.6) is 0 Å². The fourth-order valence-electron chi connectivity index (χ4n) is 4.62. The fraction of sp³-hybridized carbons (Fsp3) is 0.440. The second kappa shape index (κ2) is 9.62. The molecule has 182 valence electrons. The smallest absolute Gasteiger partial charge is 0.227 e. The van der Waals surface area contributed by atoms with Crippen LogP contribution in [0.1, 0.15) is 23.7 Å². The fourth-order valence-corrected chi connectivity index (χ4v) is 4.62. The lowest BCUT2D eigenvalue weighted by Gasteiger charge is -2.26. The largest absolute Gasteiger partial charge is 0.395 e. The Morgan fingerprint density at radius 3 is 2.89 bits per heavy atom. The lowest BCUT2D eigenvalue weighted by Crippen LogP contribution is -2.38. The highest BCUT2D eigenvalue weighted by molar-refractivity contribution is 5.76. The second-order valence-corrected chi connectivity index (χ2v) is 9.34. The summed E-state index contributed by atoms with van der Waals surface area (Å²) in [6.45, 7) is 9.81. The van der Waals surface area contributed by atoms with Crippen molar-refractivity contribution in [1.82, 2.24) is 24.6 Å². The summed E-state index contributed by atoms with van der Waals surface area (Å²) in [6.07, 6.45) is 3.50. The Kier molecular flexibility index (Phi) is 6.38. The molecule has 10 nitrogen and oxygen atoms in total. The van der Waals surface area contributed by atoms with E-state index in [1.165, 1.54) is 0 Å². The molecule has 5 rings (SSSR count). The third-order valence-corrected chi connectivity index (χ3v) is 6.95. The van der Waals surface area contributed by atoms with E-state index in [0.717, 1.165) is 67.6 Å². The first kappa shape index (κ1) is 23.2. The van der Waals surface area contributed by atoms with Crippen LogP contribution in [0.25, 0.3) is 11.3 Å². The van der Waals surface area contributed by atoms with E-state index in [1.807, 2.05) is 36.7 Å². The summed E-state index contributed by atoms with van der Waals surface area (Å²) in [5.74, 6) is 0.459. The molecule has 1 saturated heterocycles. The molecular weight excluding hydrogens is 444 g/mol. The zero-order valence-electron chi connectivity index (χ0n) is 20.1. The van der Waals surface area contributed by atoms with Crippen LogP contribution >= 0.6 is 0 Å². The summed E-state index contributed by atoms with van der Waals surface area (Å²) >= 11 is 0. The van der Waals surface area contributed by atoms with E-state index in [1.54, 1.807) is 12.4 Å². The number of nitrogens with zero attached hydrogens (tertiary/aromatic N) is 6. The molecular formula is C25H30N8O2. The minimum Gasteiger partial charge on any atom is -0.395 e. The predicted octanol–water partition coefficient (Wildman–Crippen LogP) is 2.27. The number of anilines is 3. The highest BCUT2D eigenvalue weighted by Gasteiger charge is 2.36. The zero-order valence-corrected chi connectivity index (χ0v) is 20.1. The molecule has 10 heteroatoms. The first-order chi connectivity index (χ1) is 17.0. The summed E-state index contributed by atoms with van der Waals surface area (Å²) < 4.78 is 7.41. The van der Waals surface area contributed by atoms with Gasteiger partial charge in [-0.1, -0.05) is 6.92 Å². The molecule has 4 heterocycles. The molecule has 35 heavy (non-hydrogen) atoms. The predicted molar refractivity (Wildman–Crippen MR) is 133 cm³/mol. The lowest BCUT2D eigenvalue weighted by atomic mass is 9.83. The van der Waals surface area contributed by atoms with E-state index in [0.29, 0.717) is 23.8 Å². The highest BCUT2D eigenvalue weighted by atomic mass is 16.5. The number of aliphatic hydroxyl groups is 1. The van der Waals surface area contributed by atoms with E-state index < -0.39 is 5.41 Å². The van der Waals surface area contributed by atoms with Crippen molar-refractivity contribution >= 4 is 17.3 Å². The molecule has 0 bridgehead atoms. The van der Waals surface area contributed by atoms with Crippen LogP contribution in [0.15, 0.2) is 30.6 Å². The number of fused-ring (bicyclic) bond motifs is 1. The van der Waals surface area contributed by atoms with Gasteiger partial charge in [0.1, 0.15) is 6.07 Å². The number of aliphatic hydroxyl groups excluding tert-OH is 1. The molecule has 0 saturated carbocycles. The molecule has 1 fully saturated rings. The van der Waals surface area contributed by atoms with Gasteiger partial charge in [-0.15, -0.1) is 0 Å². The van der Waals surface area contributed by atoms with Crippen LogP contribution in [0.3, 0.4) is 0 Å². The lowest BCUT2D eigenvalue weighted by molar-refractivity contribution is 0.0359. The third-order valence-electron chi connectivity index (χ3n) is 6.95. The Morgan fingerprint density at radius 1 is 1.29 bits per heavy atom. The van der Waals surface area contributed by atoms with Crippen molar-refractivity contribution in [2.75, 3.05) is 56.6 Å². The van der Waals surface area contributed by atoms with Crippen molar-refractivity contribution in [3.8, 4) is 17.3 Å². The van der Waals surface area contributed by atoms with Crippen molar-refractivity contribution in [2.24, 2.45) is 0 Å². The number of aromatic nitrogens is 4. The maximum Gasteiger partial charge on any atom is 0.227 e. The van der Waals surface area contributed by atoms with E-state index in [4.69, 9.17) is 9.72 Å². The van der Waals surface area contributed by atoms with Gasteiger partial charge in [-0.2, -0.15) is 10.4 Å².